The normalized spacial score (nSPS) is 11.1. The van der Waals surface area contributed by atoms with Crippen LogP contribution < -0.4 is 5.32 Å². The second-order valence-corrected chi connectivity index (χ2v) is 7.80. The van der Waals surface area contributed by atoms with Gasteiger partial charge < -0.3 is 14.5 Å². The molecule has 2 aromatic rings. The van der Waals surface area contributed by atoms with Gasteiger partial charge in [-0.2, -0.15) is 0 Å². The molecule has 0 aliphatic carbocycles. The molecule has 0 saturated heterocycles. The summed E-state index contributed by atoms with van der Waals surface area (Å²) in [6.45, 7) is 4.29. The molecule has 2 aromatic carbocycles. The molecule has 0 unspecified atom stereocenters. The highest BCUT2D eigenvalue weighted by atomic mass is 35.5. The van der Waals surface area contributed by atoms with Crippen LogP contribution in [-0.4, -0.2) is 43.5 Å². The molecule has 0 fully saturated rings. The highest BCUT2D eigenvalue weighted by Crippen LogP contribution is 2.24. The van der Waals surface area contributed by atoms with Crippen LogP contribution >= 0.6 is 11.6 Å². The summed E-state index contributed by atoms with van der Waals surface area (Å²) in [7, 11) is 3.65. The third kappa shape index (κ3) is 6.70. The number of carbonyl (C=O) groups is 2. The third-order valence-corrected chi connectivity index (χ3v) is 4.35. The first-order valence-corrected chi connectivity index (χ1v) is 9.12. The number of hydrogen-bond acceptors (Lipinski definition) is 3. The predicted molar refractivity (Wildman–Crippen MR) is 108 cm³/mol. The lowest BCUT2D eigenvalue weighted by Gasteiger charge is -2.28. The van der Waals surface area contributed by atoms with Gasteiger partial charge in [0.05, 0.1) is 14.1 Å². The van der Waals surface area contributed by atoms with Gasteiger partial charge >= 0.3 is 5.97 Å². The average Bonchev–Trinajstić information content (AvgIpc) is 2.56. The number of anilines is 1. The Balaban J connectivity index is 1.89. The van der Waals surface area contributed by atoms with Crippen molar-refractivity contribution in [1.29, 1.82) is 0 Å². The van der Waals surface area contributed by atoms with E-state index < -0.39 is 0 Å². The van der Waals surface area contributed by atoms with Crippen LogP contribution in [0.15, 0.2) is 42.5 Å². The number of aryl methyl sites for hydroxylation is 2. The zero-order valence-corrected chi connectivity index (χ0v) is 17.0. The molecule has 5 nitrogen and oxygen atoms in total. The Hall–Kier alpha value is -2.37. The van der Waals surface area contributed by atoms with Crippen molar-refractivity contribution in [3.63, 3.8) is 0 Å². The maximum atomic E-state index is 12.5. The molecule has 6 heteroatoms. The number of carbonyl (C=O) groups excluding carboxylic acids is 2. The Bertz CT molecular complexity index is 796. The summed E-state index contributed by atoms with van der Waals surface area (Å²) in [5, 5.41) is 3.57. The first kappa shape index (κ1) is 20.9. The van der Waals surface area contributed by atoms with E-state index in [1.165, 1.54) is 0 Å². The number of hydrogen-bond donors (Lipinski definition) is 1. The molecule has 0 heterocycles. The SMILES string of the molecule is Cc1cc(Cl)cc(C)c1NC(=O)C[N+](C)(C)CC(=O)OCc1ccccc1. The summed E-state index contributed by atoms with van der Waals surface area (Å²) >= 11 is 6.03. The van der Waals surface area contributed by atoms with Crippen LogP contribution in [0.5, 0.6) is 0 Å². The van der Waals surface area contributed by atoms with Gasteiger partial charge in [0.25, 0.3) is 5.91 Å². The van der Waals surface area contributed by atoms with Gasteiger partial charge in [-0.25, -0.2) is 4.79 Å². The van der Waals surface area contributed by atoms with E-state index >= 15 is 0 Å². The monoisotopic (exact) mass is 389 g/mol. The maximum absolute atomic E-state index is 12.5. The summed E-state index contributed by atoms with van der Waals surface area (Å²) < 4.78 is 5.51. The van der Waals surface area contributed by atoms with Crippen molar-refractivity contribution in [2.75, 3.05) is 32.5 Å². The molecule has 1 amide bonds. The fraction of sp³-hybridized carbons (Fsp3) is 0.333. The van der Waals surface area contributed by atoms with Gasteiger partial charge in [-0.05, 0) is 42.7 Å². The molecule has 27 heavy (non-hydrogen) atoms. The van der Waals surface area contributed by atoms with Crippen molar-refractivity contribution >= 4 is 29.2 Å². The van der Waals surface area contributed by atoms with Crippen molar-refractivity contribution < 1.29 is 18.8 Å². The molecule has 0 atom stereocenters. The summed E-state index contributed by atoms with van der Waals surface area (Å²) in [5.41, 5.74) is 3.50. The molecule has 0 radical (unpaired) electrons. The molecule has 2 rings (SSSR count). The van der Waals surface area contributed by atoms with E-state index in [0.29, 0.717) is 5.02 Å². The fourth-order valence-corrected chi connectivity index (χ4v) is 3.19. The van der Waals surface area contributed by atoms with Crippen molar-refractivity contribution in [3.8, 4) is 0 Å². The number of benzene rings is 2. The first-order valence-electron chi connectivity index (χ1n) is 8.74. The highest BCUT2D eigenvalue weighted by molar-refractivity contribution is 6.30. The van der Waals surface area contributed by atoms with E-state index in [9.17, 15) is 9.59 Å². The minimum Gasteiger partial charge on any atom is -0.457 e. The van der Waals surface area contributed by atoms with Gasteiger partial charge in [0, 0.05) is 10.7 Å². The van der Waals surface area contributed by atoms with Crippen LogP contribution in [0.25, 0.3) is 0 Å². The second kappa shape index (κ2) is 9.02. The van der Waals surface area contributed by atoms with Crippen LogP contribution in [0.3, 0.4) is 0 Å². The summed E-state index contributed by atoms with van der Waals surface area (Å²) in [6, 6.07) is 13.1. The Kier molecular flexibility index (Phi) is 6.99. The number of likely N-dealkylation sites (N-methyl/N-ethyl adjacent to an activating group) is 1. The van der Waals surface area contributed by atoms with Crippen LogP contribution in [0.2, 0.25) is 5.02 Å². The van der Waals surface area contributed by atoms with E-state index in [4.69, 9.17) is 16.3 Å². The van der Waals surface area contributed by atoms with Gasteiger partial charge in [-0.3, -0.25) is 4.79 Å². The molecule has 0 bridgehead atoms. The van der Waals surface area contributed by atoms with E-state index in [1.54, 1.807) is 0 Å². The van der Waals surface area contributed by atoms with E-state index in [2.05, 4.69) is 5.32 Å². The number of ether oxygens (including phenoxy) is 1. The lowest BCUT2D eigenvalue weighted by molar-refractivity contribution is -0.874. The van der Waals surface area contributed by atoms with E-state index in [-0.39, 0.29) is 36.1 Å². The third-order valence-electron chi connectivity index (χ3n) is 4.13. The lowest BCUT2D eigenvalue weighted by atomic mass is 10.1. The molecule has 0 aromatic heterocycles. The van der Waals surface area contributed by atoms with Gasteiger partial charge in [0.2, 0.25) is 0 Å². The molecule has 0 aliphatic heterocycles. The van der Waals surface area contributed by atoms with Crippen LogP contribution in [0, 0.1) is 13.8 Å². The van der Waals surface area contributed by atoms with Crippen molar-refractivity contribution in [1.82, 2.24) is 0 Å². The van der Waals surface area contributed by atoms with Crippen molar-refractivity contribution in [2.24, 2.45) is 0 Å². The number of quaternary nitrogens is 1. The first-order chi connectivity index (χ1) is 12.7. The molecular weight excluding hydrogens is 364 g/mol. The van der Waals surface area contributed by atoms with Crippen molar-refractivity contribution in [2.45, 2.75) is 20.5 Å². The average molecular weight is 390 g/mol. The standard InChI is InChI=1S/C21H25ClN2O3/c1-15-10-18(22)11-16(2)21(15)23-19(25)12-24(3,4)13-20(26)27-14-17-8-6-5-7-9-17/h5-11H,12-14H2,1-4H3/p+1. The number of nitrogens with zero attached hydrogens (tertiary/aromatic N) is 1. The zero-order valence-electron chi connectivity index (χ0n) is 16.2. The maximum Gasteiger partial charge on any atom is 0.362 e. The van der Waals surface area contributed by atoms with E-state index in [1.807, 2.05) is 70.4 Å². The van der Waals surface area contributed by atoms with Crippen LogP contribution in [-0.2, 0) is 20.9 Å². The Morgan fingerprint density at radius 3 is 2.22 bits per heavy atom. The predicted octanol–water partition coefficient (Wildman–Crippen LogP) is 3.72. The highest BCUT2D eigenvalue weighted by Gasteiger charge is 2.25. The van der Waals surface area contributed by atoms with Gasteiger partial charge in [-0.1, -0.05) is 41.9 Å². The summed E-state index contributed by atoms with van der Waals surface area (Å²) in [4.78, 5) is 24.6. The van der Waals surface area contributed by atoms with Crippen LogP contribution in [0.4, 0.5) is 5.69 Å². The molecule has 0 aliphatic rings. The number of esters is 1. The number of halogens is 1. The lowest BCUT2D eigenvalue weighted by Crippen LogP contribution is -2.49. The van der Waals surface area contributed by atoms with Gasteiger partial charge in [-0.15, -0.1) is 0 Å². The molecular formula is C21H26ClN2O3+. The second-order valence-electron chi connectivity index (χ2n) is 7.36. The largest absolute Gasteiger partial charge is 0.457 e. The fourth-order valence-electron chi connectivity index (χ4n) is 2.86. The summed E-state index contributed by atoms with van der Waals surface area (Å²) in [6.07, 6.45) is 0. The topological polar surface area (TPSA) is 55.4 Å². The van der Waals surface area contributed by atoms with E-state index in [0.717, 1.165) is 22.4 Å². The van der Waals surface area contributed by atoms with Crippen molar-refractivity contribution in [3.05, 3.63) is 64.2 Å². The molecule has 144 valence electrons. The zero-order chi connectivity index (χ0) is 20.0. The number of rotatable bonds is 7. The minimum atomic E-state index is -0.337. The quantitative estimate of drug-likeness (QED) is 0.580. The smallest absolute Gasteiger partial charge is 0.362 e. The Morgan fingerprint density at radius 1 is 1.04 bits per heavy atom. The number of amides is 1. The minimum absolute atomic E-state index is 0.110. The van der Waals surface area contributed by atoms with Gasteiger partial charge in [0.15, 0.2) is 13.1 Å². The Morgan fingerprint density at radius 2 is 1.63 bits per heavy atom. The van der Waals surface area contributed by atoms with Crippen LogP contribution in [0.1, 0.15) is 16.7 Å². The molecule has 0 saturated carbocycles. The van der Waals surface area contributed by atoms with Gasteiger partial charge in [0.1, 0.15) is 6.61 Å². The molecule has 0 spiro atoms. The molecule has 1 N–H and O–H groups in total. The Labute approximate surface area is 165 Å². The summed E-state index contributed by atoms with van der Waals surface area (Å²) in [5.74, 6) is -0.500. The number of nitrogens with one attached hydrogen (secondary N) is 1.